The number of halogens is 1. The molecule has 2 aromatic rings. The summed E-state index contributed by atoms with van der Waals surface area (Å²) in [5.41, 5.74) is 0.786. The summed E-state index contributed by atoms with van der Waals surface area (Å²) in [5, 5.41) is 8.88. The number of ether oxygens (including phenoxy) is 1. The fourth-order valence-electron chi connectivity index (χ4n) is 1.73. The molecule has 0 fully saturated rings. The Hall–Kier alpha value is -1.54. The topological polar surface area (TPSA) is 63.6 Å². The monoisotopic (exact) mass is 428 g/mol. The molecule has 0 radical (unpaired) electrons. The van der Waals surface area contributed by atoms with Crippen LogP contribution in [0.5, 0.6) is 0 Å². The third-order valence-corrected chi connectivity index (χ3v) is 4.71. The van der Waals surface area contributed by atoms with Gasteiger partial charge in [-0.25, -0.2) is 9.59 Å². The van der Waals surface area contributed by atoms with Gasteiger partial charge >= 0.3 is 11.9 Å². The molecule has 22 heavy (non-hydrogen) atoms. The van der Waals surface area contributed by atoms with E-state index in [9.17, 15) is 9.59 Å². The minimum Gasteiger partial charge on any atom is -0.478 e. The van der Waals surface area contributed by atoms with Crippen molar-refractivity contribution in [2.45, 2.75) is 16.7 Å². The molecule has 0 bridgehead atoms. The van der Waals surface area contributed by atoms with Crippen molar-refractivity contribution < 1.29 is 19.4 Å². The molecule has 2 aromatic carbocycles. The van der Waals surface area contributed by atoms with Gasteiger partial charge in [-0.3, -0.25) is 0 Å². The van der Waals surface area contributed by atoms with Crippen LogP contribution in [0, 0.1) is 3.57 Å². The molecule has 0 aliphatic rings. The average molecular weight is 428 g/mol. The molecule has 0 heterocycles. The zero-order valence-electron chi connectivity index (χ0n) is 11.7. The summed E-state index contributed by atoms with van der Waals surface area (Å²) in [4.78, 5) is 24.5. The maximum absolute atomic E-state index is 11.9. The van der Waals surface area contributed by atoms with E-state index in [2.05, 4.69) is 22.6 Å². The van der Waals surface area contributed by atoms with Gasteiger partial charge in [0, 0.05) is 13.4 Å². The zero-order chi connectivity index (χ0) is 16.1. The molecular formula is C16H13IO4S. The highest BCUT2D eigenvalue weighted by molar-refractivity contribution is 14.1. The second-order valence-corrected chi connectivity index (χ2v) is 6.60. The van der Waals surface area contributed by atoms with Gasteiger partial charge in [0.2, 0.25) is 0 Å². The number of carbonyl (C=O) groups is 2. The number of carbonyl (C=O) groups excluding carboxylic acids is 1. The summed E-state index contributed by atoms with van der Waals surface area (Å²) < 4.78 is 5.87. The summed E-state index contributed by atoms with van der Waals surface area (Å²) in [6, 6.07) is 12.2. The van der Waals surface area contributed by atoms with E-state index in [4.69, 9.17) is 9.84 Å². The Morgan fingerprint density at radius 2 is 1.77 bits per heavy atom. The molecule has 6 heteroatoms. The van der Waals surface area contributed by atoms with E-state index in [-0.39, 0.29) is 11.5 Å². The average Bonchev–Trinajstić information content (AvgIpc) is 2.50. The van der Waals surface area contributed by atoms with Crippen molar-refractivity contribution in [3.8, 4) is 0 Å². The van der Waals surface area contributed by atoms with E-state index in [1.807, 2.05) is 12.1 Å². The molecule has 0 saturated heterocycles. The van der Waals surface area contributed by atoms with E-state index in [0.717, 1.165) is 13.4 Å². The number of hydrogen-bond donors (Lipinski definition) is 1. The highest BCUT2D eigenvalue weighted by Gasteiger charge is 2.12. The summed E-state index contributed by atoms with van der Waals surface area (Å²) >= 11 is 3.56. The second kappa shape index (κ2) is 7.64. The van der Waals surface area contributed by atoms with Crippen LogP contribution in [-0.2, 0) is 4.74 Å². The SMILES string of the molecule is CCOC(=O)c1cc(Sc2ccc(C(=O)O)cc2)ccc1I. The first-order chi connectivity index (χ1) is 10.5. The van der Waals surface area contributed by atoms with E-state index in [1.54, 1.807) is 37.3 Å². The summed E-state index contributed by atoms with van der Waals surface area (Å²) in [7, 11) is 0. The van der Waals surface area contributed by atoms with Crippen molar-refractivity contribution in [1.29, 1.82) is 0 Å². The van der Waals surface area contributed by atoms with E-state index in [1.165, 1.54) is 11.8 Å². The van der Waals surface area contributed by atoms with Crippen LogP contribution in [0.25, 0.3) is 0 Å². The lowest BCUT2D eigenvalue weighted by Crippen LogP contribution is -2.06. The van der Waals surface area contributed by atoms with Crippen LogP contribution in [-0.4, -0.2) is 23.7 Å². The Kier molecular flexibility index (Phi) is 5.84. The predicted molar refractivity (Wildman–Crippen MR) is 92.6 cm³/mol. The van der Waals surface area contributed by atoms with Gasteiger partial charge in [-0.15, -0.1) is 0 Å². The van der Waals surface area contributed by atoms with Crippen LogP contribution < -0.4 is 0 Å². The largest absolute Gasteiger partial charge is 0.478 e. The standard InChI is InChI=1S/C16H13IO4S/c1-2-21-16(20)13-9-12(7-8-14(13)17)22-11-5-3-10(4-6-11)15(18)19/h3-9H,2H2,1H3,(H,18,19). The van der Waals surface area contributed by atoms with Crippen molar-refractivity contribution in [2.24, 2.45) is 0 Å². The van der Waals surface area contributed by atoms with Gasteiger partial charge in [0.15, 0.2) is 0 Å². The molecule has 0 saturated carbocycles. The minimum atomic E-state index is -0.949. The van der Waals surface area contributed by atoms with Crippen LogP contribution in [0.2, 0.25) is 0 Å². The fraction of sp³-hybridized carbons (Fsp3) is 0.125. The molecule has 0 aliphatic carbocycles. The molecule has 1 N–H and O–H groups in total. The third kappa shape index (κ3) is 4.23. The first-order valence-electron chi connectivity index (χ1n) is 6.49. The molecule has 0 unspecified atom stereocenters. The quantitative estimate of drug-likeness (QED) is 0.568. The number of aromatic carboxylic acids is 1. The maximum Gasteiger partial charge on any atom is 0.339 e. The first-order valence-corrected chi connectivity index (χ1v) is 8.38. The Bertz CT molecular complexity index is 698. The van der Waals surface area contributed by atoms with E-state index < -0.39 is 5.97 Å². The van der Waals surface area contributed by atoms with Crippen LogP contribution in [0.4, 0.5) is 0 Å². The first kappa shape index (κ1) is 16.8. The lowest BCUT2D eigenvalue weighted by Gasteiger charge is -2.07. The lowest BCUT2D eigenvalue weighted by molar-refractivity contribution is 0.0524. The van der Waals surface area contributed by atoms with Gasteiger partial charge in [0.25, 0.3) is 0 Å². The normalized spacial score (nSPS) is 10.3. The van der Waals surface area contributed by atoms with Crippen molar-refractivity contribution in [3.05, 3.63) is 57.2 Å². The molecular weight excluding hydrogens is 415 g/mol. The number of hydrogen-bond acceptors (Lipinski definition) is 4. The maximum atomic E-state index is 11.9. The summed E-state index contributed by atoms with van der Waals surface area (Å²) in [5.74, 6) is -1.29. The van der Waals surface area contributed by atoms with Crippen molar-refractivity contribution in [3.63, 3.8) is 0 Å². The Morgan fingerprint density at radius 1 is 1.14 bits per heavy atom. The van der Waals surface area contributed by atoms with Crippen LogP contribution in [0.15, 0.2) is 52.3 Å². The van der Waals surface area contributed by atoms with Crippen LogP contribution in [0.1, 0.15) is 27.6 Å². The molecule has 2 rings (SSSR count). The smallest absolute Gasteiger partial charge is 0.339 e. The van der Waals surface area contributed by atoms with Crippen molar-refractivity contribution >= 4 is 46.3 Å². The Morgan fingerprint density at radius 3 is 2.36 bits per heavy atom. The molecule has 114 valence electrons. The van der Waals surface area contributed by atoms with Gasteiger partial charge in [0.1, 0.15) is 0 Å². The van der Waals surface area contributed by atoms with Crippen LogP contribution in [0.3, 0.4) is 0 Å². The molecule has 0 atom stereocenters. The summed E-state index contributed by atoms with van der Waals surface area (Å²) in [6.07, 6.45) is 0. The molecule has 0 spiro atoms. The fourth-order valence-corrected chi connectivity index (χ4v) is 3.15. The number of benzene rings is 2. The number of carboxylic acid groups (broad SMARTS) is 1. The molecule has 0 aliphatic heterocycles. The number of rotatable bonds is 5. The van der Waals surface area contributed by atoms with E-state index in [0.29, 0.717) is 12.2 Å². The minimum absolute atomic E-state index is 0.249. The Balaban J connectivity index is 2.21. The third-order valence-electron chi connectivity index (χ3n) is 2.77. The van der Waals surface area contributed by atoms with Crippen molar-refractivity contribution in [1.82, 2.24) is 0 Å². The Labute approximate surface area is 146 Å². The highest BCUT2D eigenvalue weighted by atomic mass is 127. The number of carboxylic acids is 1. The van der Waals surface area contributed by atoms with Gasteiger partial charge in [-0.1, -0.05) is 11.8 Å². The highest BCUT2D eigenvalue weighted by Crippen LogP contribution is 2.30. The second-order valence-electron chi connectivity index (χ2n) is 4.29. The summed E-state index contributed by atoms with van der Waals surface area (Å²) in [6.45, 7) is 2.11. The van der Waals surface area contributed by atoms with Gasteiger partial charge in [-0.05, 0) is 72.0 Å². The van der Waals surface area contributed by atoms with Gasteiger partial charge < -0.3 is 9.84 Å². The van der Waals surface area contributed by atoms with Crippen LogP contribution >= 0.6 is 34.4 Å². The molecule has 4 nitrogen and oxygen atoms in total. The molecule has 0 aromatic heterocycles. The van der Waals surface area contributed by atoms with Gasteiger partial charge in [-0.2, -0.15) is 0 Å². The van der Waals surface area contributed by atoms with Crippen molar-refractivity contribution in [2.75, 3.05) is 6.61 Å². The molecule has 0 amide bonds. The van der Waals surface area contributed by atoms with Gasteiger partial charge in [0.05, 0.1) is 17.7 Å². The van der Waals surface area contributed by atoms with E-state index >= 15 is 0 Å². The zero-order valence-corrected chi connectivity index (χ0v) is 14.7. The predicted octanol–water partition coefficient (Wildman–Crippen LogP) is 4.32. The lowest BCUT2D eigenvalue weighted by atomic mass is 10.2. The number of esters is 1.